The number of allylic oxidation sites excluding steroid dienone is 2. The van der Waals surface area contributed by atoms with Gasteiger partial charge in [-0.05, 0) is 56.4 Å². The standard InChI is InChI=1S/C16H28O2.C16H28O/c1-14-12-15(17)10-8-6-4-2-3-5-7-9-11-16(18)13-14;1-14-12-15-10-8-6-4-2-3-5-7-9-11-16(13-14)17-15/h14H,2-13H2,1H3;12,14,16H,2-11,13H2,1H3. The Labute approximate surface area is 217 Å². The number of carbonyl (C=O) groups is 2. The monoisotopic (exact) mass is 488 g/mol. The van der Waals surface area contributed by atoms with Crippen LogP contribution in [0, 0.1) is 11.8 Å². The van der Waals surface area contributed by atoms with E-state index in [0.717, 1.165) is 31.6 Å². The van der Waals surface area contributed by atoms with Gasteiger partial charge in [0.25, 0.3) is 0 Å². The molecule has 0 aromatic heterocycles. The SMILES string of the molecule is CC1C=C2CCCCCCCCCCC(C1)O2.CC1CC(=O)CCCCCCCCCCC(=O)C1. The van der Waals surface area contributed by atoms with Crippen molar-refractivity contribution in [3.63, 3.8) is 0 Å². The van der Waals surface area contributed by atoms with Crippen LogP contribution < -0.4 is 0 Å². The molecule has 3 aliphatic rings. The lowest BCUT2D eigenvalue weighted by Crippen LogP contribution is -2.20. The maximum Gasteiger partial charge on any atom is 0.133 e. The maximum absolute atomic E-state index is 11.7. The minimum Gasteiger partial charge on any atom is -0.495 e. The van der Waals surface area contributed by atoms with Gasteiger partial charge in [0.1, 0.15) is 11.6 Å². The first-order valence-electron chi connectivity index (χ1n) is 15.4. The van der Waals surface area contributed by atoms with Crippen LogP contribution in [0.2, 0.25) is 0 Å². The summed E-state index contributed by atoms with van der Waals surface area (Å²) in [4.78, 5) is 23.5. The van der Waals surface area contributed by atoms with Crippen molar-refractivity contribution in [1.29, 1.82) is 0 Å². The van der Waals surface area contributed by atoms with E-state index >= 15 is 0 Å². The summed E-state index contributed by atoms with van der Waals surface area (Å²) in [6, 6.07) is 0. The van der Waals surface area contributed by atoms with Gasteiger partial charge in [0.05, 0.1) is 11.9 Å². The molecule has 2 heterocycles. The normalized spacial score (nSPS) is 27.8. The Morgan fingerprint density at radius 2 is 1.03 bits per heavy atom. The molecule has 2 unspecified atom stereocenters. The van der Waals surface area contributed by atoms with Crippen LogP contribution in [0.4, 0.5) is 0 Å². The molecule has 3 nitrogen and oxygen atoms in total. The van der Waals surface area contributed by atoms with Crippen LogP contribution >= 0.6 is 0 Å². The summed E-state index contributed by atoms with van der Waals surface area (Å²) in [7, 11) is 0. The fourth-order valence-corrected chi connectivity index (χ4v) is 5.91. The molecule has 1 saturated heterocycles. The molecule has 3 rings (SSSR count). The van der Waals surface area contributed by atoms with Gasteiger partial charge in [-0.2, -0.15) is 0 Å². The lowest BCUT2D eigenvalue weighted by Gasteiger charge is -2.28. The molecule has 0 radical (unpaired) electrons. The zero-order chi connectivity index (χ0) is 25.1. The Bertz CT molecular complexity index is 582. The fourth-order valence-electron chi connectivity index (χ4n) is 5.91. The Kier molecular flexibility index (Phi) is 16.4. The molecule has 1 saturated carbocycles. The highest BCUT2D eigenvalue weighted by Gasteiger charge is 2.20. The zero-order valence-electron chi connectivity index (χ0n) is 23.3. The Morgan fingerprint density at radius 3 is 1.54 bits per heavy atom. The molecule has 2 fully saturated rings. The smallest absolute Gasteiger partial charge is 0.133 e. The van der Waals surface area contributed by atoms with Crippen LogP contribution in [0.5, 0.6) is 0 Å². The van der Waals surface area contributed by atoms with Gasteiger partial charge in [-0.1, -0.05) is 90.9 Å². The third-order valence-corrected chi connectivity index (χ3v) is 7.94. The topological polar surface area (TPSA) is 43.4 Å². The van der Waals surface area contributed by atoms with E-state index in [4.69, 9.17) is 4.74 Å². The van der Waals surface area contributed by atoms with Gasteiger partial charge in [0, 0.05) is 32.1 Å². The van der Waals surface area contributed by atoms with Crippen molar-refractivity contribution in [3.05, 3.63) is 11.8 Å². The highest BCUT2D eigenvalue weighted by Crippen LogP contribution is 2.29. The second-order valence-electron chi connectivity index (χ2n) is 11.9. The number of ketones is 2. The summed E-state index contributed by atoms with van der Waals surface area (Å²) in [6.07, 6.45) is 30.1. The van der Waals surface area contributed by atoms with Crippen LogP contribution in [0.3, 0.4) is 0 Å². The van der Waals surface area contributed by atoms with Crippen molar-refractivity contribution in [3.8, 4) is 0 Å². The molecular formula is C32H56O3. The summed E-state index contributed by atoms with van der Waals surface area (Å²) >= 11 is 0. The number of hydrogen-bond acceptors (Lipinski definition) is 3. The summed E-state index contributed by atoms with van der Waals surface area (Å²) in [6.45, 7) is 4.38. The lowest BCUT2D eigenvalue weighted by molar-refractivity contribution is -0.121. The van der Waals surface area contributed by atoms with Gasteiger partial charge in [-0.25, -0.2) is 0 Å². The first kappa shape index (κ1) is 30.1. The predicted octanol–water partition coefficient (Wildman–Crippen LogP) is 9.67. The van der Waals surface area contributed by atoms with Crippen LogP contribution in [0.15, 0.2) is 11.8 Å². The Hall–Kier alpha value is -1.12. The average molecular weight is 489 g/mol. The van der Waals surface area contributed by atoms with Crippen molar-refractivity contribution >= 4 is 11.6 Å². The van der Waals surface area contributed by atoms with Gasteiger partial charge in [0.2, 0.25) is 0 Å². The van der Waals surface area contributed by atoms with Crippen molar-refractivity contribution in [1.82, 2.24) is 0 Å². The van der Waals surface area contributed by atoms with Crippen molar-refractivity contribution in [2.45, 2.75) is 168 Å². The molecule has 0 amide bonds. The third-order valence-electron chi connectivity index (χ3n) is 7.94. The van der Waals surface area contributed by atoms with Crippen LogP contribution in [-0.2, 0) is 14.3 Å². The van der Waals surface area contributed by atoms with E-state index in [9.17, 15) is 9.59 Å². The minimum absolute atomic E-state index is 0.245. The fraction of sp³-hybridized carbons (Fsp3) is 0.875. The second kappa shape index (κ2) is 19.1. The van der Waals surface area contributed by atoms with Crippen LogP contribution in [-0.4, -0.2) is 17.7 Å². The molecule has 0 spiro atoms. The highest BCUT2D eigenvalue weighted by molar-refractivity contribution is 5.81. The molecule has 35 heavy (non-hydrogen) atoms. The molecule has 3 heteroatoms. The van der Waals surface area contributed by atoms with E-state index < -0.39 is 0 Å². The molecule has 0 aromatic rings. The van der Waals surface area contributed by atoms with E-state index in [1.807, 2.05) is 6.92 Å². The summed E-state index contributed by atoms with van der Waals surface area (Å²) in [5.41, 5.74) is 0. The highest BCUT2D eigenvalue weighted by atomic mass is 16.5. The molecule has 0 aromatic carbocycles. The van der Waals surface area contributed by atoms with E-state index in [2.05, 4.69) is 13.0 Å². The summed E-state index contributed by atoms with van der Waals surface area (Å²) in [5, 5.41) is 0. The van der Waals surface area contributed by atoms with Crippen LogP contribution in [0.1, 0.15) is 162 Å². The van der Waals surface area contributed by atoms with Crippen molar-refractivity contribution in [2.24, 2.45) is 11.8 Å². The van der Waals surface area contributed by atoms with Gasteiger partial charge in [0.15, 0.2) is 0 Å². The molecule has 0 N–H and O–H groups in total. The first-order valence-corrected chi connectivity index (χ1v) is 15.4. The van der Waals surface area contributed by atoms with Gasteiger partial charge in [-0.3, -0.25) is 9.59 Å². The van der Waals surface area contributed by atoms with E-state index in [-0.39, 0.29) is 5.92 Å². The third kappa shape index (κ3) is 15.6. The Balaban J connectivity index is 0.000000247. The number of rotatable bonds is 0. The summed E-state index contributed by atoms with van der Waals surface area (Å²) in [5.74, 6) is 2.98. The maximum atomic E-state index is 11.7. The number of carbonyl (C=O) groups excluding carboxylic acids is 2. The molecule has 2 atom stereocenters. The van der Waals surface area contributed by atoms with Gasteiger partial charge in [-0.15, -0.1) is 0 Å². The quantitative estimate of drug-likeness (QED) is 0.341. The average Bonchev–Trinajstić information content (AvgIpc) is 2.81. The van der Waals surface area contributed by atoms with Gasteiger partial charge >= 0.3 is 0 Å². The Morgan fingerprint density at radius 1 is 0.600 bits per heavy atom. The van der Waals surface area contributed by atoms with Crippen LogP contribution in [0.25, 0.3) is 0 Å². The lowest BCUT2D eigenvalue weighted by atomic mass is 9.95. The minimum atomic E-state index is 0.245. The summed E-state index contributed by atoms with van der Waals surface area (Å²) < 4.78 is 6.13. The largest absolute Gasteiger partial charge is 0.495 e. The molecule has 2 aliphatic heterocycles. The molecule has 202 valence electrons. The van der Waals surface area contributed by atoms with Crippen molar-refractivity contribution in [2.75, 3.05) is 0 Å². The molecular weight excluding hydrogens is 432 g/mol. The van der Waals surface area contributed by atoms with E-state index in [1.54, 1.807) is 0 Å². The number of Topliss-reactive ketones (excluding diaryl/α,β-unsaturated/α-hetero) is 2. The number of fused-ring (bicyclic) bond motifs is 2. The van der Waals surface area contributed by atoms with Crippen molar-refractivity contribution < 1.29 is 14.3 Å². The molecule has 1 aliphatic carbocycles. The first-order chi connectivity index (χ1) is 17.0. The number of hydrogen-bond donors (Lipinski definition) is 0. The van der Waals surface area contributed by atoms with Gasteiger partial charge < -0.3 is 4.74 Å². The van der Waals surface area contributed by atoms with E-state index in [1.165, 1.54) is 115 Å². The van der Waals surface area contributed by atoms with E-state index in [0.29, 0.717) is 30.5 Å². The molecule has 2 bridgehead atoms. The second-order valence-corrected chi connectivity index (χ2v) is 11.9. The zero-order valence-corrected chi connectivity index (χ0v) is 23.3. The number of ether oxygens (including phenoxy) is 1. The predicted molar refractivity (Wildman–Crippen MR) is 147 cm³/mol.